The molecular weight excluding hydrogens is 236 g/mol. The van der Waals surface area contributed by atoms with Gasteiger partial charge in [-0.25, -0.2) is 0 Å². The monoisotopic (exact) mass is 263 g/mol. The molecule has 0 aromatic heterocycles. The molecule has 0 aromatic rings. The first-order valence-electron chi connectivity index (χ1n) is 8.33. The molecule has 4 saturated heterocycles. The van der Waals surface area contributed by atoms with Crippen molar-refractivity contribution in [2.24, 2.45) is 11.8 Å². The third kappa shape index (κ3) is 1.70. The molecule has 1 unspecified atom stereocenters. The van der Waals surface area contributed by atoms with Crippen LogP contribution in [0, 0.1) is 11.8 Å². The van der Waals surface area contributed by atoms with Crippen LogP contribution in [0.5, 0.6) is 0 Å². The molecule has 4 heterocycles. The van der Waals surface area contributed by atoms with Crippen molar-refractivity contribution in [1.29, 1.82) is 0 Å². The number of quaternary nitrogens is 1. The molecule has 0 bridgehead atoms. The zero-order valence-electron chi connectivity index (χ0n) is 12.2. The largest absolute Gasteiger partial charge is 0.339 e. The molecule has 106 valence electrons. The molecule has 0 saturated carbocycles. The Balaban J connectivity index is 1.69. The maximum absolute atomic E-state index is 12.3. The van der Waals surface area contributed by atoms with Crippen LogP contribution in [0.3, 0.4) is 0 Å². The molecule has 19 heavy (non-hydrogen) atoms. The van der Waals surface area contributed by atoms with E-state index in [0.717, 1.165) is 37.3 Å². The van der Waals surface area contributed by atoms with Crippen LogP contribution in [0.4, 0.5) is 0 Å². The number of nitrogens with zero attached hydrogens (tertiary/aromatic N) is 2. The summed E-state index contributed by atoms with van der Waals surface area (Å²) in [4.78, 5) is 14.6. The minimum absolute atomic E-state index is 0.458. The lowest BCUT2D eigenvalue weighted by Crippen LogP contribution is -2.72. The highest BCUT2D eigenvalue weighted by atomic mass is 16.2. The number of carbonyl (C=O) groups excluding carboxylic acids is 1. The molecule has 4 aliphatic rings. The number of hydrogen-bond acceptors (Lipinski definition) is 1. The van der Waals surface area contributed by atoms with E-state index in [1.54, 1.807) is 0 Å². The van der Waals surface area contributed by atoms with Crippen molar-refractivity contribution >= 4 is 5.91 Å². The summed E-state index contributed by atoms with van der Waals surface area (Å²) in [5.41, 5.74) is 0. The highest BCUT2D eigenvalue weighted by Gasteiger charge is 2.56. The topological polar surface area (TPSA) is 20.3 Å². The summed E-state index contributed by atoms with van der Waals surface area (Å²) in [6.45, 7) is 3.86. The van der Waals surface area contributed by atoms with Crippen molar-refractivity contribution in [3.63, 3.8) is 0 Å². The zero-order valence-corrected chi connectivity index (χ0v) is 12.2. The molecule has 4 aliphatic heterocycles. The van der Waals surface area contributed by atoms with Gasteiger partial charge >= 0.3 is 0 Å². The van der Waals surface area contributed by atoms with Gasteiger partial charge in [-0.1, -0.05) is 0 Å². The molecule has 0 N–H and O–H groups in total. The normalized spacial score (nSPS) is 49.5. The fraction of sp³-hybridized carbons (Fsp3) is 0.938. The first kappa shape index (κ1) is 12.2. The Morgan fingerprint density at radius 1 is 1.11 bits per heavy atom. The summed E-state index contributed by atoms with van der Waals surface area (Å²) >= 11 is 0. The molecule has 4 rings (SSSR count). The van der Waals surface area contributed by atoms with E-state index in [4.69, 9.17) is 0 Å². The van der Waals surface area contributed by atoms with Crippen LogP contribution in [-0.2, 0) is 4.79 Å². The van der Waals surface area contributed by atoms with Gasteiger partial charge in [-0.3, -0.25) is 4.79 Å². The average Bonchev–Trinajstić information content (AvgIpc) is 2.40. The fourth-order valence-electron chi connectivity index (χ4n) is 5.98. The minimum Gasteiger partial charge on any atom is -0.339 e. The van der Waals surface area contributed by atoms with Crippen LogP contribution < -0.4 is 0 Å². The summed E-state index contributed by atoms with van der Waals surface area (Å²) in [5, 5.41) is 0. The van der Waals surface area contributed by atoms with E-state index in [9.17, 15) is 4.79 Å². The van der Waals surface area contributed by atoms with Gasteiger partial charge in [0.1, 0.15) is 0 Å². The average molecular weight is 263 g/mol. The van der Waals surface area contributed by atoms with E-state index in [2.05, 4.69) is 11.9 Å². The first-order chi connectivity index (χ1) is 9.19. The van der Waals surface area contributed by atoms with Crippen molar-refractivity contribution in [3.8, 4) is 0 Å². The van der Waals surface area contributed by atoms with Crippen molar-refractivity contribution < 1.29 is 9.28 Å². The first-order valence-corrected chi connectivity index (χ1v) is 8.33. The Morgan fingerprint density at radius 3 is 2.74 bits per heavy atom. The van der Waals surface area contributed by atoms with E-state index in [-0.39, 0.29) is 0 Å². The highest BCUT2D eigenvalue weighted by molar-refractivity contribution is 5.77. The SMILES string of the molecule is C[N+]12CCC[C@@H]3CN4C(=O)CCC[C@@H]4[C@H](CCC1)[C@@H]32. The third-order valence-electron chi connectivity index (χ3n) is 6.63. The van der Waals surface area contributed by atoms with E-state index in [0.29, 0.717) is 11.9 Å². The lowest BCUT2D eigenvalue weighted by atomic mass is 9.67. The molecule has 3 heteroatoms. The number of amides is 1. The number of piperidine rings is 4. The summed E-state index contributed by atoms with van der Waals surface area (Å²) in [6.07, 6.45) is 8.72. The van der Waals surface area contributed by atoms with Crippen LogP contribution in [0.1, 0.15) is 44.9 Å². The molecular formula is C16H27N2O+. The molecule has 0 aromatic carbocycles. The summed E-state index contributed by atoms with van der Waals surface area (Å²) in [5.74, 6) is 2.06. The van der Waals surface area contributed by atoms with Crippen LogP contribution in [-0.4, -0.2) is 54.1 Å². The number of carbonyl (C=O) groups is 1. The van der Waals surface area contributed by atoms with Gasteiger partial charge in [0.25, 0.3) is 0 Å². The fourth-order valence-corrected chi connectivity index (χ4v) is 5.98. The predicted octanol–water partition coefficient (Wildman–Crippen LogP) is 2.02. The molecule has 3 nitrogen and oxygen atoms in total. The van der Waals surface area contributed by atoms with E-state index >= 15 is 0 Å². The van der Waals surface area contributed by atoms with Crippen molar-refractivity contribution in [1.82, 2.24) is 4.90 Å². The number of fused-ring (bicyclic) bond motifs is 2. The van der Waals surface area contributed by atoms with Gasteiger partial charge in [-0.05, 0) is 38.5 Å². The maximum atomic E-state index is 12.3. The lowest BCUT2D eigenvalue weighted by Gasteiger charge is -2.61. The third-order valence-corrected chi connectivity index (χ3v) is 6.63. The Bertz CT molecular complexity index is 392. The quantitative estimate of drug-likeness (QED) is 0.612. The van der Waals surface area contributed by atoms with E-state index in [1.165, 1.54) is 49.7 Å². The van der Waals surface area contributed by atoms with Crippen molar-refractivity contribution in [2.75, 3.05) is 26.7 Å². The molecule has 4 fully saturated rings. The van der Waals surface area contributed by atoms with Crippen molar-refractivity contribution in [3.05, 3.63) is 0 Å². The number of hydrogen-bond donors (Lipinski definition) is 0. The molecule has 1 amide bonds. The number of rotatable bonds is 0. The molecule has 5 atom stereocenters. The van der Waals surface area contributed by atoms with Gasteiger partial charge in [0, 0.05) is 30.8 Å². The zero-order chi connectivity index (χ0) is 13.0. The Labute approximate surface area is 116 Å². The Kier molecular flexibility index (Phi) is 2.70. The summed E-state index contributed by atoms with van der Waals surface area (Å²) in [6, 6.07) is 1.47. The maximum Gasteiger partial charge on any atom is 0.222 e. The van der Waals surface area contributed by atoms with Gasteiger partial charge in [0.15, 0.2) is 0 Å². The highest BCUT2D eigenvalue weighted by Crippen LogP contribution is 2.47. The summed E-state index contributed by atoms with van der Waals surface area (Å²) in [7, 11) is 2.50. The van der Waals surface area contributed by atoms with E-state index < -0.39 is 0 Å². The van der Waals surface area contributed by atoms with Gasteiger partial charge in [-0.2, -0.15) is 0 Å². The summed E-state index contributed by atoms with van der Waals surface area (Å²) < 4.78 is 1.33. The van der Waals surface area contributed by atoms with Crippen LogP contribution in [0.25, 0.3) is 0 Å². The van der Waals surface area contributed by atoms with Crippen molar-refractivity contribution in [2.45, 2.75) is 57.0 Å². The van der Waals surface area contributed by atoms with Crippen LogP contribution in [0.15, 0.2) is 0 Å². The molecule has 0 spiro atoms. The molecule has 0 radical (unpaired) electrons. The van der Waals surface area contributed by atoms with Gasteiger partial charge < -0.3 is 9.38 Å². The predicted molar refractivity (Wildman–Crippen MR) is 74.5 cm³/mol. The second-order valence-corrected chi connectivity index (χ2v) is 7.63. The van der Waals surface area contributed by atoms with E-state index in [1.807, 2.05) is 0 Å². The Hall–Kier alpha value is -0.570. The smallest absolute Gasteiger partial charge is 0.222 e. The second kappa shape index (κ2) is 4.21. The minimum atomic E-state index is 0.458. The van der Waals surface area contributed by atoms with Gasteiger partial charge in [-0.15, -0.1) is 0 Å². The second-order valence-electron chi connectivity index (χ2n) is 7.63. The van der Waals surface area contributed by atoms with Crippen LogP contribution in [0.2, 0.25) is 0 Å². The lowest BCUT2D eigenvalue weighted by molar-refractivity contribution is -0.952. The van der Waals surface area contributed by atoms with Gasteiger partial charge in [0.05, 0.1) is 26.2 Å². The molecule has 0 aliphatic carbocycles. The van der Waals surface area contributed by atoms with Crippen LogP contribution >= 0.6 is 0 Å². The Morgan fingerprint density at radius 2 is 1.89 bits per heavy atom. The standard InChI is InChI=1S/C16H27N2O/c1-18-9-3-5-12-11-17-14(7-2-8-15(17)19)13(16(12)18)6-4-10-18/h12-14,16H,2-11H2,1H3/q+1/t12-,13+,14-,16-,18?/m1/s1. The van der Waals surface area contributed by atoms with Gasteiger partial charge in [0.2, 0.25) is 5.91 Å².